The lowest BCUT2D eigenvalue weighted by Crippen LogP contribution is -2.20. The number of hydrogen-bond acceptors (Lipinski definition) is 3. The molecule has 20 heavy (non-hydrogen) atoms. The van der Waals surface area contributed by atoms with Crippen molar-refractivity contribution in [2.75, 3.05) is 16.8 Å². The van der Waals surface area contributed by atoms with Gasteiger partial charge < -0.3 is 11.1 Å². The van der Waals surface area contributed by atoms with Crippen LogP contribution in [0.1, 0.15) is 0 Å². The van der Waals surface area contributed by atoms with Gasteiger partial charge in [0.2, 0.25) is 5.91 Å². The summed E-state index contributed by atoms with van der Waals surface area (Å²) < 4.78 is 12.0. The average molecular weight is 309 g/mol. The van der Waals surface area contributed by atoms with Crippen LogP contribution in [0.3, 0.4) is 0 Å². The molecule has 0 radical (unpaired) electrons. The highest BCUT2D eigenvalue weighted by molar-refractivity contribution is 7.85. The van der Waals surface area contributed by atoms with Gasteiger partial charge in [-0.25, -0.2) is 0 Å². The fraction of sp³-hybridized carbons (Fsp3) is 0.0714. The number of nitrogen functional groups attached to an aromatic ring is 1. The van der Waals surface area contributed by atoms with E-state index in [1.54, 1.807) is 48.5 Å². The molecular weight excluding hydrogens is 296 g/mol. The Balaban J connectivity index is 2.00. The van der Waals surface area contributed by atoms with Crippen molar-refractivity contribution in [3.05, 3.63) is 53.6 Å². The highest BCUT2D eigenvalue weighted by Gasteiger charge is 2.11. The van der Waals surface area contributed by atoms with Crippen LogP contribution in [0.2, 0.25) is 5.02 Å². The van der Waals surface area contributed by atoms with Crippen LogP contribution in [0.15, 0.2) is 53.4 Å². The van der Waals surface area contributed by atoms with Crippen molar-refractivity contribution in [3.8, 4) is 0 Å². The molecule has 2 aromatic rings. The molecule has 0 aromatic heterocycles. The lowest BCUT2D eigenvalue weighted by atomic mass is 10.3. The molecule has 0 saturated heterocycles. The maximum Gasteiger partial charge on any atom is 0.237 e. The second-order valence-corrected chi connectivity index (χ2v) is 5.97. The summed E-state index contributed by atoms with van der Waals surface area (Å²) in [4.78, 5) is 12.4. The van der Waals surface area contributed by atoms with Gasteiger partial charge in [-0.1, -0.05) is 23.7 Å². The predicted molar refractivity (Wildman–Crippen MR) is 82.2 cm³/mol. The van der Waals surface area contributed by atoms with E-state index in [2.05, 4.69) is 5.32 Å². The Morgan fingerprint density at radius 1 is 1.15 bits per heavy atom. The third kappa shape index (κ3) is 3.82. The standard InChI is InChI=1S/C14H13ClN2O2S/c15-10-5-7-11(8-6-10)20(19)9-14(18)17-13-4-2-1-3-12(13)16/h1-8H,9,16H2,(H,17,18). The van der Waals surface area contributed by atoms with Gasteiger partial charge in [0.15, 0.2) is 0 Å². The van der Waals surface area contributed by atoms with Crippen molar-refractivity contribution in [1.82, 2.24) is 0 Å². The van der Waals surface area contributed by atoms with Gasteiger partial charge in [-0.2, -0.15) is 0 Å². The Labute approximate surface area is 124 Å². The van der Waals surface area contributed by atoms with Crippen LogP contribution >= 0.6 is 11.6 Å². The topological polar surface area (TPSA) is 72.2 Å². The quantitative estimate of drug-likeness (QED) is 0.853. The fourth-order valence-electron chi connectivity index (χ4n) is 1.59. The molecule has 2 rings (SSSR count). The normalized spacial score (nSPS) is 11.8. The predicted octanol–water partition coefficient (Wildman–Crippen LogP) is 2.67. The number of amides is 1. The van der Waals surface area contributed by atoms with Crippen LogP contribution in [0.5, 0.6) is 0 Å². The van der Waals surface area contributed by atoms with Crippen LogP contribution in [0, 0.1) is 0 Å². The fourth-order valence-corrected chi connectivity index (χ4v) is 2.63. The van der Waals surface area contributed by atoms with Gasteiger partial charge >= 0.3 is 0 Å². The Hall–Kier alpha value is -1.85. The van der Waals surface area contributed by atoms with Gasteiger partial charge in [0.1, 0.15) is 5.75 Å². The van der Waals surface area contributed by atoms with Gasteiger partial charge in [0, 0.05) is 9.92 Å². The van der Waals surface area contributed by atoms with Crippen LogP contribution in [0.4, 0.5) is 11.4 Å². The number of benzene rings is 2. The molecule has 0 aliphatic carbocycles. The van der Waals surface area contributed by atoms with E-state index in [1.807, 2.05) is 0 Å². The van der Waals surface area contributed by atoms with E-state index in [1.165, 1.54) is 0 Å². The van der Waals surface area contributed by atoms with Gasteiger partial charge in [-0.3, -0.25) is 9.00 Å². The number of carbonyl (C=O) groups is 1. The molecule has 4 nitrogen and oxygen atoms in total. The molecule has 1 atom stereocenters. The maximum absolute atomic E-state index is 12.0. The van der Waals surface area contributed by atoms with Gasteiger partial charge in [-0.15, -0.1) is 0 Å². The summed E-state index contributed by atoms with van der Waals surface area (Å²) in [6.45, 7) is 0. The van der Waals surface area contributed by atoms with Crippen LogP contribution in [-0.4, -0.2) is 15.9 Å². The van der Waals surface area contributed by atoms with Gasteiger partial charge in [0.25, 0.3) is 0 Å². The maximum atomic E-state index is 12.0. The summed E-state index contributed by atoms with van der Waals surface area (Å²) >= 11 is 5.75. The summed E-state index contributed by atoms with van der Waals surface area (Å²) in [5, 5.41) is 3.20. The molecule has 0 spiro atoms. The molecule has 104 valence electrons. The number of rotatable bonds is 4. The number of carbonyl (C=O) groups excluding carboxylic acids is 1. The van der Waals surface area contributed by atoms with Crippen molar-refractivity contribution < 1.29 is 9.00 Å². The van der Waals surface area contributed by atoms with Gasteiger partial charge in [-0.05, 0) is 36.4 Å². The molecule has 2 aromatic carbocycles. The minimum atomic E-state index is -1.41. The zero-order valence-electron chi connectivity index (χ0n) is 10.5. The second-order valence-electron chi connectivity index (χ2n) is 4.08. The molecule has 0 aliphatic heterocycles. The first-order chi connectivity index (χ1) is 9.56. The molecule has 0 saturated carbocycles. The van der Waals surface area contributed by atoms with Crippen LogP contribution in [0.25, 0.3) is 0 Å². The highest BCUT2D eigenvalue weighted by atomic mass is 35.5. The van der Waals surface area contributed by atoms with Crippen molar-refractivity contribution >= 4 is 39.7 Å². The number of nitrogens with two attached hydrogens (primary N) is 1. The van der Waals surface area contributed by atoms with Crippen LogP contribution < -0.4 is 11.1 Å². The molecule has 0 aliphatic rings. The van der Waals surface area contributed by atoms with Crippen molar-refractivity contribution in [3.63, 3.8) is 0 Å². The Kier molecular flexibility index (Phi) is 4.76. The SMILES string of the molecule is Nc1ccccc1NC(=O)CS(=O)c1ccc(Cl)cc1. The van der Waals surface area contributed by atoms with E-state index >= 15 is 0 Å². The highest BCUT2D eigenvalue weighted by Crippen LogP contribution is 2.17. The number of anilines is 2. The lowest BCUT2D eigenvalue weighted by molar-refractivity contribution is -0.113. The molecule has 1 unspecified atom stereocenters. The molecular formula is C14H13ClN2O2S. The van der Waals surface area contributed by atoms with Crippen molar-refractivity contribution in [2.45, 2.75) is 4.90 Å². The molecule has 6 heteroatoms. The first kappa shape index (κ1) is 14.6. The molecule has 1 amide bonds. The second kappa shape index (κ2) is 6.54. The summed E-state index contributed by atoms with van der Waals surface area (Å²) in [6.07, 6.45) is 0. The molecule has 0 heterocycles. The molecule has 3 N–H and O–H groups in total. The van der Waals surface area contributed by atoms with Crippen molar-refractivity contribution in [2.24, 2.45) is 0 Å². The summed E-state index contributed by atoms with van der Waals surface area (Å²) in [5.41, 5.74) is 6.71. The van der Waals surface area contributed by atoms with E-state index in [0.29, 0.717) is 21.3 Å². The number of para-hydroxylation sites is 2. The van der Waals surface area contributed by atoms with E-state index in [4.69, 9.17) is 17.3 Å². The smallest absolute Gasteiger partial charge is 0.237 e. The van der Waals surface area contributed by atoms with E-state index in [9.17, 15) is 9.00 Å². The Morgan fingerprint density at radius 2 is 1.80 bits per heavy atom. The summed E-state index contributed by atoms with van der Waals surface area (Å²) in [5.74, 6) is -0.480. The minimum Gasteiger partial charge on any atom is -0.397 e. The third-order valence-electron chi connectivity index (χ3n) is 2.57. The largest absolute Gasteiger partial charge is 0.397 e. The monoisotopic (exact) mass is 308 g/mol. The molecule has 0 fully saturated rings. The van der Waals surface area contributed by atoms with E-state index in [-0.39, 0.29) is 11.7 Å². The minimum absolute atomic E-state index is 0.129. The summed E-state index contributed by atoms with van der Waals surface area (Å²) in [7, 11) is -1.41. The lowest BCUT2D eigenvalue weighted by Gasteiger charge is -2.07. The number of halogens is 1. The van der Waals surface area contributed by atoms with Gasteiger partial charge in [0.05, 0.1) is 22.2 Å². The number of nitrogens with one attached hydrogen (secondary N) is 1. The van der Waals surface area contributed by atoms with E-state index < -0.39 is 10.8 Å². The average Bonchev–Trinajstić information content (AvgIpc) is 2.42. The van der Waals surface area contributed by atoms with Crippen LogP contribution in [-0.2, 0) is 15.6 Å². The van der Waals surface area contributed by atoms with Crippen molar-refractivity contribution in [1.29, 1.82) is 0 Å². The zero-order valence-corrected chi connectivity index (χ0v) is 12.1. The summed E-state index contributed by atoms with van der Waals surface area (Å²) in [6, 6.07) is 13.5. The molecule has 0 bridgehead atoms. The zero-order chi connectivity index (χ0) is 14.5. The Bertz CT molecular complexity index is 644. The third-order valence-corrected chi connectivity index (χ3v) is 4.15. The first-order valence-corrected chi connectivity index (χ1v) is 7.54. The van der Waals surface area contributed by atoms with E-state index in [0.717, 1.165) is 0 Å². The number of hydrogen-bond donors (Lipinski definition) is 2. The first-order valence-electron chi connectivity index (χ1n) is 5.84. The Morgan fingerprint density at radius 3 is 2.45 bits per heavy atom.